The number of carbonyl (C=O) groups is 2. The Labute approximate surface area is 133 Å². The number of rotatable bonds is 9. The van der Waals surface area contributed by atoms with Crippen molar-refractivity contribution in [3.63, 3.8) is 0 Å². The van der Waals surface area contributed by atoms with Crippen LogP contribution in [0.15, 0.2) is 0 Å². The van der Waals surface area contributed by atoms with Gasteiger partial charge in [-0.3, -0.25) is 9.59 Å². The Bertz CT molecular complexity index is 294. The topological polar surface area (TPSA) is 80.3 Å². The minimum Gasteiger partial charge on any atom is -0.463 e. The maximum atomic E-state index is 10.4. The van der Waals surface area contributed by atoms with Crippen LogP contribution in [-0.2, 0) is 33.3 Å². The second-order valence-electron chi connectivity index (χ2n) is 4.87. The predicted octanol–water partition coefficient (Wildman–Crippen LogP) is 1.57. The van der Waals surface area contributed by atoms with Crippen LogP contribution >= 0.6 is 0 Å². The molecule has 0 saturated heterocycles. The molecular formula is C15H30O7. The summed E-state index contributed by atoms with van der Waals surface area (Å²) in [6.07, 6.45) is -0.145. The van der Waals surface area contributed by atoms with E-state index in [1.54, 1.807) is 21.1 Å². The van der Waals surface area contributed by atoms with E-state index >= 15 is 0 Å². The van der Waals surface area contributed by atoms with Crippen LogP contribution < -0.4 is 0 Å². The summed E-state index contributed by atoms with van der Waals surface area (Å²) >= 11 is 0. The maximum Gasteiger partial charge on any atom is 0.302 e. The van der Waals surface area contributed by atoms with E-state index in [0.29, 0.717) is 19.8 Å². The monoisotopic (exact) mass is 322 g/mol. The number of esters is 2. The highest BCUT2D eigenvalue weighted by atomic mass is 16.6. The van der Waals surface area contributed by atoms with Crippen LogP contribution in [-0.4, -0.2) is 64.3 Å². The molecule has 0 spiro atoms. The Kier molecular flexibility index (Phi) is 15.5. The van der Waals surface area contributed by atoms with Crippen LogP contribution in [0.5, 0.6) is 0 Å². The van der Waals surface area contributed by atoms with Crippen LogP contribution in [0.1, 0.15) is 34.6 Å². The van der Waals surface area contributed by atoms with Crippen molar-refractivity contribution in [2.75, 3.05) is 34.0 Å². The average Bonchev–Trinajstić information content (AvgIpc) is 2.42. The van der Waals surface area contributed by atoms with E-state index in [9.17, 15) is 9.59 Å². The van der Waals surface area contributed by atoms with Gasteiger partial charge in [0, 0.05) is 28.1 Å². The molecule has 0 radical (unpaired) electrons. The molecule has 22 heavy (non-hydrogen) atoms. The lowest BCUT2D eigenvalue weighted by Gasteiger charge is -2.15. The number of methoxy groups -OCH3 is 2. The first kappa shape index (κ1) is 23.1. The minimum absolute atomic E-state index is 0.0692. The molecule has 0 heterocycles. The first-order valence-corrected chi connectivity index (χ1v) is 7.16. The lowest BCUT2D eigenvalue weighted by molar-refractivity contribution is -0.148. The normalized spacial score (nSPS) is 14.1. The lowest BCUT2D eigenvalue weighted by atomic mass is 10.4. The third kappa shape index (κ3) is 18.8. The molecule has 0 aliphatic rings. The summed E-state index contributed by atoms with van der Waals surface area (Å²) in [4.78, 5) is 20.7. The molecule has 0 amide bonds. The van der Waals surface area contributed by atoms with Crippen molar-refractivity contribution in [2.45, 2.75) is 52.9 Å². The van der Waals surface area contributed by atoms with Crippen LogP contribution in [0.4, 0.5) is 0 Å². The van der Waals surface area contributed by atoms with Crippen LogP contribution in [0, 0.1) is 0 Å². The Morgan fingerprint density at radius 2 is 1.41 bits per heavy atom. The van der Waals surface area contributed by atoms with Crippen molar-refractivity contribution >= 4 is 11.9 Å². The summed E-state index contributed by atoms with van der Waals surface area (Å²) in [6.45, 7) is 9.58. The van der Waals surface area contributed by atoms with Gasteiger partial charge in [-0.2, -0.15) is 0 Å². The number of ether oxygens (including phenoxy) is 5. The van der Waals surface area contributed by atoms with E-state index in [0.717, 1.165) is 0 Å². The van der Waals surface area contributed by atoms with E-state index in [4.69, 9.17) is 23.7 Å². The van der Waals surface area contributed by atoms with Gasteiger partial charge in [0.2, 0.25) is 0 Å². The zero-order valence-corrected chi connectivity index (χ0v) is 14.7. The summed E-state index contributed by atoms with van der Waals surface area (Å²) < 4.78 is 24.6. The molecule has 0 aromatic heterocycles. The van der Waals surface area contributed by atoms with Crippen molar-refractivity contribution in [1.82, 2.24) is 0 Å². The van der Waals surface area contributed by atoms with Gasteiger partial charge in [-0.05, 0) is 20.8 Å². The smallest absolute Gasteiger partial charge is 0.302 e. The second kappa shape index (κ2) is 14.7. The molecule has 7 heteroatoms. The Balaban J connectivity index is 0. The Hall–Kier alpha value is -1.18. The molecule has 0 bridgehead atoms. The quantitative estimate of drug-likeness (QED) is 0.596. The van der Waals surface area contributed by atoms with Gasteiger partial charge >= 0.3 is 11.9 Å². The minimum atomic E-state index is -0.282. The zero-order chi connectivity index (χ0) is 17.5. The highest BCUT2D eigenvalue weighted by Gasteiger charge is 2.06. The molecule has 3 unspecified atom stereocenters. The molecule has 132 valence electrons. The Morgan fingerprint density at radius 3 is 1.82 bits per heavy atom. The van der Waals surface area contributed by atoms with Gasteiger partial charge in [-0.1, -0.05) is 0 Å². The van der Waals surface area contributed by atoms with Gasteiger partial charge in [0.1, 0.15) is 12.7 Å². The fourth-order valence-corrected chi connectivity index (χ4v) is 1.20. The molecule has 0 aromatic rings. The van der Waals surface area contributed by atoms with E-state index in [-0.39, 0.29) is 30.3 Å². The van der Waals surface area contributed by atoms with Gasteiger partial charge in [-0.25, -0.2) is 0 Å². The van der Waals surface area contributed by atoms with Crippen LogP contribution in [0.25, 0.3) is 0 Å². The SMILES string of the molecule is COC(C)COC(C)COC(C)=O.COCC(C)OC(C)=O. The van der Waals surface area contributed by atoms with Crippen molar-refractivity contribution < 1.29 is 33.3 Å². The summed E-state index contributed by atoms with van der Waals surface area (Å²) in [5.74, 6) is -0.546. The number of hydrogen-bond donors (Lipinski definition) is 0. The van der Waals surface area contributed by atoms with Crippen LogP contribution in [0.2, 0.25) is 0 Å². The van der Waals surface area contributed by atoms with E-state index in [1.165, 1.54) is 13.8 Å². The van der Waals surface area contributed by atoms with Crippen molar-refractivity contribution in [3.8, 4) is 0 Å². The first-order chi connectivity index (χ1) is 10.2. The summed E-state index contributed by atoms with van der Waals surface area (Å²) in [7, 11) is 3.20. The summed E-state index contributed by atoms with van der Waals surface area (Å²) in [5.41, 5.74) is 0. The van der Waals surface area contributed by atoms with Gasteiger partial charge in [-0.15, -0.1) is 0 Å². The zero-order valence-electron chi connectivity index (χ0n) is 14.7. The maximum absolute atomic E-state index is 10.4. The van der Waals surface area contributed by atoms with Crippen molar-refractivity contribution in [2.24, 2.45) is 0 Å². The molecule has 0 aliphatic carbocycles. The highest BCUT2D eigenvalue weighted by Crippen LogP contribution is 1.96. The van der Waals surface area contributed by atoms with Gasteiger partial charge < -0.3 is 23.7 Å². The van der Waals surface area contributed by atoms with E-state index < -0.39 is 0 Å². The number of carbonyl (C=O) groups excluding carboxylic acids is 2. The highest BCUT2D eigenvalue weighted by molar-refractivity contribution is 5.66. The molecular weight excluding hydrogens is 292 g/mol. The average molecular weight is 322 g/mol. The molecule has 0 aromatic carbocycles. The van der Waals surface area contributed by atoms with Crippen LogP contribution in [0.3, 0.4) is 0 Å². The summed E-state index contributed by atoms with van der Waals surface area (Å²) in [6, 6.07) is 0. The standard InChI is InChI=1S/C9H18O4.C6H12O3/c1-7(11-4)5-12-8(2)6-13-9(3)10;1-5(4-8-3)9-6(2)7/h7-8H,5-6H2,1-4H3;5H,4H2,1-3H3. The molecule has 0 N–H and O–H groups in total. The molecule has 7 nitrogen and oxygen atoms in total. The fraction of sp³-hybridized carbons (Fsp3) is 0.867. The largest absolute Gasteiger partial charge is 0.463 e. The predicted molar refractivity (Wildman–Crippen MR) is 81.6 cm³/mol. The second-order valence-corrected chi connectivity index (χ2v) is 4.87. The molecule has 0 rings (SSSR count). The molecule has 3 atom stereocenters. The van der Waals surface area contributed by atoms with Gasteiger partial charge in [0.25, 0.3) is 0 Å². The molecule has 0 fully saturated rings. The molecule has 0 aliphatic heterocycles. The van der Waals surface area contributed by atoms with Gasteiger partial charge in [0.15, 0.2) is 0 Å². The summed E-state index contributed by atoms with van der Waals surface area (Å²) in [5, 5.41) is 0. The van der Waals surface area contributed by atoms with E-state index in [1.807, 2.05) is 13.8 Å². The lowest BCUT2D eigenvalue weighted by Crippen LogP contribution is -2.23. The van der Waals surface area contributed by atoms with Crippen molar-refractivity contribution in [1.29, 1.82) is 0 Å². The Morgan fingerprint density at radius 1 is 0.818 bits per heavy atom. The first-order valence-electron chi connectivity index (χ1n) is 7.16. The third-order valence-electron chi connectivity index (χ3n) is 2.31. The number of hydrogen-bond acceptors (Lipinski definition) is 7. The molecule has 0 saturated carbocycles. The third-order valence-corrected chi connectivity index (χ3v) is 2.31. The van der Waals surface area contributed by atoms with E-state index in [2.05, 4.69) is 0 Å². The van der Waals surface area contributed by atoms with Crippen molar-refractivity contribution in [3.05, 3.63) is 0 Å². The van der Waals surface area contributed by atoms with Gasteiger partial charge in [0.05, 0.1) is 25.4 Å². The fourth-order valence-electron chi connectivity index (χ4n) is 1.20.